The number of amides is 1. The maximum absolute atomic E-state index is 12.1. The SMILES string of the molecule is Cc1ccc([N+](=O)[O-])cc1NC(=O)CCc1ccc(OC(F)F)cc1. The van der Waals surface area contributed by atoms with E-state index in [9.17, 15) is 23.7 Å². The van der Waals surface area contributed by atoms with Crippen LogP contribution >= 0.6 is 0 Å². The van der Waals surface area contributed by atoms with Crippen LogP contribution in [0.1, 0.15) is 17.5 Å². The molecule has 0 fully saturated rings. The number of carbonyl (C=O) groups excluding carboxylic acids is 1. The summed E-state index contributed by atoms with van der Waals surface area (Å²) in [6, 6.07) is 10.3. The first-order valence-corrected chi connectivity index (χ1v) is 7.44. The van der Waals surface area contributed by atoms with E-state index in [1.807, 2.05) is 0 Å². The number of nitro benzene ring substituents is 1. The number of ether oxygens (including phenoxy) is 1. The third-order valence-corrected chi connectivity index (χ3v) is 3.50. The van der Waals surface area contributed by atoms with E-state index < -0.39 is 11.5 Å². The lowest BCUT2D eigenvalue weighted by Gasteiger charge is -2.09. The Labute approximate surface area is 142 Å². The van der Waals surface area contributed by atoms with Crippen molar-refractivity contribution >= 4 is 17.3 Å². The third-order valence-electron chi connectivity index (χ3n) is 3.50. The number of hydrogen-bond donors (Lipinski definition) is 1. The Morgan fingerprint density at radius 3 is 2.52 bits per heavy atom. The summed E-state index contributed by atoms with van der Waals surface area (Å²) < 4.78 is 28.4. The van der Waals surface area contributed by atoms with E-state index in [1.165, 1.54) is 24.3 Å². The second-order valence-electron chi connectivity index (χ2n) is 5.33. The van der Waals surface area contributed by atoms with Gasteiger partial charge >= 0.3 is 6.61 Å². The van der Waals surface area contributed by atoms with Crippen molar-refractivity contribution in [3.05, 3.63) is 63.7 Å². The number of nitrogens with zero attached hydrogens (tertiary/aromatic N) is 1. The first-order valence-electron chi connectivity index (χ1n) is 7.44. The lowest BCUT2D eigenvalue weighted by Crippen LogP contribution is -2.13. The molecule has 8 heteroatoms. The highest BCUT2D eigenvalue weighted by atomic mass is 19.3. The fraction of sp³-hybridized carbons (Fsp3) is 0.235. The molecular formula is C17H16F2N2O4. The molecule has 0 spiro atoms. The van der Waals surface area contributed by atoms with Crippen molar-refractivity contribution in [3.63, 3.8) is 0 Å². The minimum atomic E-state index is -2.88. The Morgan fingerprint density at radius 2 is 1.92 bits per heavy atom. The Kier molecular flexibility index (Phi) is 5.99. The van der Waals surface area contributed by atoms with Crippen molar-refractivity contribution < 1.29 is 23.2 Å². The summed E-state index contributed by atoms with van der Waals surface area (Å²) in [6.45, 7) is -1.14. The Balaban J connectivity index is 1.92. The average Bonchev–Trinajstić information content (AvgIpc) is 2.55. The van der Waals surface area contributed by atoms with Crippen molar-refractivity contribution in [2.75, 3.05) is 5.32 Å². The number of halogens is 2. The summed E-state index contributed by atoms with van der Waals surface area (Å²) in [5.74, 6) is -0.244. The first-order chi connectivity index (χ1) is 11.8. The maximum Gasteiger partial charge on any atom is 0.387 e. The number of nitrogens with one attached hydrogen (secondary N) is 1. The molecule has 1 N–H and O–H groups in total. The number of nitro groups is 1. The van der Waals surface area contributed by atoms with Gasteiger partial charge in [-0.15, -0.1) is 0 Å². The number of hydrogen-bond acceptors (Lipinski definition) is 4. The van der Waals surface area contributed by atoms with Gasteiger partial charge in [0.15, 0.2) is 0 Å². The lowest BCUT2D eigenvalue weighted by molar-refractivity contribution is -0.384. The van der Waals surface area contributed by atoms with Crippen molar-refractivity contribution in [2.24, 2.45) is 0 Å². The molecule has 0 aliphatic rings. The van der Waals surface area contributed by atoms with Crippen LogP contribution in [0.5, 0.6) is 5.75 Å². The molecule has 0 aromatic heterocycles. The van der Waals surface area contributed by atoms with Gasteiger partial charge in [0.2, 0.25) is 5.91 Å². The van der Waals surface area contributed by atoms with Crippen LogP contribution in [0, 0.1) is 17.0 Å². The first kappa shape index (κ1) is 18.3. The molecule has 0 heterocycles. The Hall–Kier alpha value is -3.03. The molecule has 0 unspecified atom stereocenters. The zero-order valence-corrected chi connectivity index (χ0v) is 13.4. The highest BCUT2D eigenvalue weighted by molar-refractivity contribution is 5.92. The quantitative estimate of drug-likeness (QED) is 0.603. The molecule has 25 heavy (non-hydrogen) atoms. The minimum absolute atomic E-state index is 0.0513. The number of alkyl halides is 2. The summed E-state index contributed by atoms with van der Waals surface area (Å²) in [5, 5.41) is 13.4. The van der Waals surface area contributed by atoms with Crippen LogP contribution in [0.15, 0.2) is 42.5 Å². The van der Waals surface area contributed by atoms with Crippen LogP contribution in [0.3, 0.4) is 0 Å². The number of rotatable bonds is 7. The van der Waals surface area contributed by atoms with Gasteiger partial charge in [-0.05, 0) is 36.6 Å². The van der Waals surface area contributed by atoms with E-state index >= 15 is 0 Å². The molecule has 6 nitrogen and oxygen atoms in total. The summed E-state index contributed by atoms with van der Waals surface area (Å²) in [5.41, 5.74) is 1.79. The zero-order valence-electron chi connectivity index (χ0n) is 13.4. The molecule has 0 aliphatic heterocycles. The van der Waals surface area contributed by atoms with Crippen molar-refractivity contribution in [3.8, 4) is 5.75 Å². The molecule has 0 saturated heterocycles. The van der Waals surface area contributed by atoms with Gasteiger partial charge in [0.25, 0.3) is 5.69 Å². The lowest BCUT2D eigenvalue weighted by atomic mass is 10.1. The van der Waals surface area contributed by atoms with Crippen molar-refractivity contribution in [2.45, 2.75) is 26.4 Å². The number of non-ortho nitro benzene ring substituents is 1. The third kappa shape index (κ3) is 5.52. The largest absolute Gasteiger partial charge is 0.435 e. The molecule has 0 radical (unpaired) electrons. The van der Waals surface area contributed by atoms with Gasteiger partial charge in [0.05, 0.1) is 10.6 Å². The highest BCUT2D eigenvalue weighted by Gasteiger charge is 2.11. The van der Waals surface area contributed by atoms with Gasteiger partial charge in [-0.3, -0.25) is 14.9 Å². The van der Waals surface area contributed by atoms with Crippen molar-refractivity contribution in [1.82, 2.24) is 0 Å². The molecule has 2 rings (SSSR count). The van der Waals surface area contributed by atoms with Crippen LogP contribution in [0.4, 0.5) is 20.2 Å². The van der Waals surface area contributed by atoms with Crippen LogP contribution in [0.2, 0.25) is 0 Å². The predicted molar refractivity (Wildman–Crippen MR) is 87.9 cm³/mol. The zero-order chi connectivity index (χ0) is 18.4. The van der Waals surface area contributed by atoms with E-state index in [0.29, 0.717) is 17.7 Å². The van der Waals surface area contributed by atoms with E-state index in [2.05, 4.69) is 10.1 Å². The second kappa shape index (κ2) is 8.18. The molecular weight excluding hydrogens is 334 g/mol. The summed E-state index contributed by atoms with van der Waals surface area (Å²) in [4.78, 5) is 22.3. The molecule has 132 valence electrons. The Morgan fingerprint density at radius 1 is 1.24 bits per heavy atom. The van der Waals surface area contributed by atoms with Gasteiger partial charge in [-0.2, -0.15) is 8.78 Å². The number of benzene rings is 2. The molecule has 0 atom stereocenters. The maximum atomic E-state index is 12.1. The standard InChI is InChI=1S/C17H16F2N2O4/c1-11-2-6-13(21(23)24)10-15(11)20-16(22)9-5-12-3-7-14(8-4-12)25-17(18)19/h2-4,6-8,10,17H,5,9H2,1H3,(H,20,22). The fourth-order valence-electron chi connectivity index (χ4n) is 2.17. The number of aryl methyl sites for hydroxylation is 2. The monoisotopic (exact) mass is 350 g/mol. The Bertz CT molecular complexity index is 764. The molecule has 2 aromatic rings. The topological polar surface area (TPSA) is 81.5 Å². The smallest absolute Gasteiger partial charge is 0.387 e. The van der Waals surface area contributed by atoms with Crippen LogP contribution in [0.25, 0.3) is 0 Å². The van der Waals surface area contributed by atoms with Crippen LogP contribution < -0.4 is 10.1 Å². The molecule has 0 saturated carbocycles. The summed E-state index contributed by atoms with van der Waals surface area (Å²) in [6.07, 6.45) is 0.548. The molecule has 2 aromatic carbocycles. The fourth-order valence-corrected chi connectivity index (χ4v) is 2.17. The van der Waals surface area contributed by atoms with Gasteiger partial charge < -0.3 is 10.1 Å². The number of carbonyl (C=O) groups is 1. The van der Waals surface area contributed by atoms with Gasteiger partial charge in [0, 0.05) is 18.6 Å². The summed E-state index contributed by atoms with van der Waals surface area (Å²) in [7, 11) is 0. The molecule has 1 amide bonds. The predicted octanol–water partition coefficient (Wildman–Crippen LogP) is 4.08. The van der Waals surface area contributed by atoms with E-state index in [1.54, 1.807) is 25.1 Å². The van der Waals surface area contributed by atoms with Crippen LogP contribution in [-0.4, -0.2) is 17.4 Å². The van der Waals surface area contributed by atoms with Crippen molar-refractivity contribution in [1.29, 1.82) is 0 Å². The van der Waals surface area contributed by atoms with Crippen LogP contribution in [-0.2, 0) is 11.2 Å². The van der Waals surface area contributed by atoms with Gasteiger partial charge in [0.1, 0.15) is 5.75 Å². The highest BCUT2D eigenvalue weighted by Crippen LogP contribution is 2.22. The average molecular weight is 350 g/mol. The van der Waals surface area contributed by atoms with Gasteiger partial charge in [-0.25, -0.2) is 0 Å². The number of anilines is 1. The second-order valence-corrected chi connectivity index (χ2v) is 5.33. The molecule has 0 bridgehead atoms. The van der Waals surface area contributed by atoms with E-state index in [0.717, 1.165) is 5.56 Å². The molecule has 0 aliphatic carbocycles. The normalized spacial score (nSPS) is 10.6. The van der Waals surface area contributed by atoms with E-state index in [-0.39, 0.29) is 23.8 Å². The summed E-state index contributed by atoms with van der Waals surface area (Å²) >= 11 is 0. The van der Waals surface area contributed by atoms with Gasteiger partial charge in [-0.1, -0.05) is 18.2 Å². The minimum Gasteiger partial charge on any atom is -0.435 e. The van der Waals surface area contributed by atoms with E-state index in [4.69, 9.17) is 0 Å².